The molecule has 0 radical (unpaired) electrons. The van der Waals surface area contributed by atoms with Gasteiger partial charge in [0.15, 0.2) is 10.2 Å². The fourth-order valence-corrected chi connectivity index (χ4v) is 3.32. The SMILES string of the molecule is O=C(/C(=N\Nc1ccccc1)Sc1nc2ccccc2[nH]1)c1ccccc1. The summed E-state index contributed by atoms with van der Waals surface area (Å²) in [6.45, 7) is 0. The maximum atomic E-state index is 13.0. The van der Waals surface area contributed by atoms with Crippen LogP contribution in [-0.4, -0.2) is 20.8 Å². The molecule has 3 aromatic carbocycles. The number of fused-ring (bicyclic) bond motifs is 1. The first-order chi connectivity index (χ1) is 13.3. The Balaban J connectivity index is 1.65. The van der Waals surface area contributed by atoms with E-state index in [4.69, 9.17) is 0 Å². The number of ketones is 1. The number of H-pyrrole nitrogens is 1. The van der Waals surface area contributed by atoms with Crippen LogP contribution >= 0.6 is 11.8 Å². The highest BCUT2D eigenvalue weighted by Gasteiger charge is 2.18. The first-order valence-corrected chi connectivity index (χ1v) is 9.22. The topological polar surface area (TPSA) is 70.1 Å². The van der Waals surface area contributed by atoms with Gasteiger partial charge in [0.25, 0.3) is 0 Å². The fraction of sp³-hybridized carbons (Fsp3) is 0. The number of carbonyl (C=O) groups is 1. The molecular weight excluding hydrogens is 356 g/mol. The monoisotopic (exact) mass is 372 g/mol. The number of aromatic amines is 1. The van der Waals surface area contributed by atoms with Gasteiger partial charge in [0, 0.05) is 5.56 Å². The van der Waals surface area contributed by atoms with Crippen LogP contribution in [0.2, 0.25) is 0 Å². The third kappa shape index (κ3) is 4.07. The van der Waals surface area contributed by atoms with E-state index in [1.165, 1.54) is 11.8 Å². The van der Waals surface area contributed by atoms with E-state index in [0.717, 1.165) is 16.7 Å². The summed E-state index contributed by atoms with van der Waals surface area (Å²) in [6.07, 6.45) is 0. The standard InChI is InChI=1S/C21H16N4OS/c26-19(15-9-3-1-4-10-15)20(25-24-16-11-5-2-6-12-16)27-21-22-17-13-7-8-14-18(17)23-21/h1-14,24H,(H,22,23)/b25-20+. The van der Waals surface area contributed by atoms with Gasteiger partial charge in [-0.1, -0.05) is 60.7 Å². The zero-order chi connectivity index (χ0) is 18.5. The van der Waals surface area contributed by atoms with E-state index < -0.39 is 0 Å². The van der Waals surface area contributed by atoms with E-state index in [2.05, 4.69) is 20.5 Å². The normalized spacial score (nSPS) is 11.5. The molecule has 0 fully saturated rings. The lowest BCUT2D eigenvalue weighted by molar-refractivity contribution is 0.106. The number of hydrazone groups is 1. The van der Waals surface area contributed by atoms with Crippen LogP contribution in [0.15, 0.2) is 95.2 Å². The van der Waals surface area contributed by atoms with Gasteiger partial charge in [0.05, 0.1) is 16.7 Å². The van der Waals surface area contributed by atoms with Gasteiger partial charge in [-0.25, -0.2) is 4.98 Å². The number of hydrogen-bond acceptors (Lipinski definition) is 5. The molecule has 132 valence electrons. The second kappa shape index (κ2) is 7.88. The molecule has 0 aliphatic carbocycles. The molecular formula is C21H16N4OS. The minimum Gasteiger partial charge on any atom is -0.333 e. The van der Waals surface area contributed by atoms with E-state index in [-0.39, 0.29) is 5.78 Å². The molecule has 4 aromatic rings. The predicted molar refractivity (Wildman–Crippen MR) is 110 cm³/mol. The molecule has 0 amide bonds. The Morgan fingerprint density at radius 1 is 0.889 bits per heavy atom. The summed E-state index contributed by atoms with van der Waals surface area (Å²) in [5.41, 5.74) is 6.11. The summed E-state index contributed by atoms with van der Waals surface area (Å²) < 4.78 is 0. The molecule has 0 bridgehead atoms. The molecule has 0 aliphatic rings. The van der Waals surface area contributed by atoms with Gasteiger partial charge in [-0.05, 0) is 36.0 Å². The summed E-state index contributed by atoms with van der Waals surface area (Å²) in [5, 5.41) is 5.28. The molecule has 2 N–H and O–H groups in total. The number of hydrogen-bond donors (Lipinski definition) is 2. The number of carbonyl (C=O) groups excluding carboxylic acids is 1. The van der Waals surface area contributed by atoms with Gasteiger partial charge in [0.2, 0.25) is 5.78 Å². The van der Waals surface area contributed by atoms with E-state index in [1.807, 2.05) is 72.8 Å². The average molecular weight is 372 g/mol. The third-order valence-electron chi connectivity index (χ3n) is 3.85. The largest absolute Gasteiger partial charge is 0.333 e. The van der Waals surface area contributed by atoms with Crippen molar-refractivity contribution in [3.63, 3.8) is 0 Å². The Kier molecular flexibility index (Phi) is 4.98. The molecule has 0 unspecified atom stereocenters. The lowest BCUT2D eigenvalue weighted by Gasteiger charge is -2.05. The Hall–Kier alpha value is -3.38. The number of nitrogens with zero attached hydrogens (tertiary/aromatic N) is 2. The maximum Gasteiger partial charge on any atom is 0.220 e. The number of thioether (sulfide) groups is 1. The number of rotatable bonds is 5. The Labute approximate surface area is 160 Å². The molecule has 0 saturated heterocycles. The van der Waals surface area contributed by atoms with E-state index >= 15 is 0 Å². The van der Waals surface area contributed by atoms with Gasteiger partial charge in [-0.15, -0.1) is 0 Å². The molecule has 4 rings (SSSR count). The first kappa shape index (κ1) is 17.1. The number of nitrogens with one attached hydrogen (secondary N) is 2. The highest BCUT2D eigenvalue weighted by atomic mass is 32.2. The number of benzene rings is 3. The quantitative estimate of drug-likeness (QED) is 0.171. The van der Waals surface area contributed by atoms with Gasteiger partial charge < -0.3 is 4.98 Å². The Morgan fingerprint density at radius 2 is 1.56 bits per heavy atom. The molecule has 0 aliphatic heterocycles. The number of imidazole rings is 1. The number of anilines is 1. The van der Waals surface area contributed by atoms with Crippen LogP contribution in [-0.2, 0) is 0 Å². The van der Waals surface area contributed by atoms with Gasteiger partial charge in [0.1, 0.15) is 0 Å². The molecule has 1 aromatic heterocycles. The van der Waals surface area contributed by atoms with Crippen molar-refractivity contribution in [3.05, 3.63) is 90.5 Å². The second-order valence-corrected chi connectivity index (χ2v) is 6.73. The number of para-hydroxylation sites is 3. The minimum atomic E-state index is -0.163. The van der Waals surface area contributed by atoms with Crippen LogP contribution in [0.25, 0.3) is 11.0 Å². The van der Waals surface area contributed by atoms with Crippen LogP contribution in [0.5, 0.6) is 0 Å². The van der Waals surface area contributed by atoms with E-state index in [9.17, 15) is 4.79 Å². The Morgan fingerprint density at radius 3 is 2.30 bits per heavy atom. The molecule has 0 atom stereocenters. The minimum absolute atomic E-state index is 0.163. The van der Waals surface area contributed by atoms with Crippen molar-refractivity contribution in [2.75, 3.05) is 5.43 Å². The van der Waals surface area contributed by atoms with E-state index in [1.54, 1.807) is 12.1 Å². The fourth-order valence-electron chi connectivity index (χ4n) is 2.53. The molecule has 0 spiro atoms. The van der Waals surface area contributed by atoms with Crippen molar-refractivity contribution in [2.45, 2.75) is 5.16 Å². The number of aromatic nitrogens is 2. The molecule has 27 heavy (non-hydrogen) atoms. The summed E-state index contributed by atoms with van der Waals surface area (Å²) >= 11 is 1.21. The van der Waals surface area contributed by atoms with Crippen LogP contribution in [0.3, 0.4) is 0 Å². The van der Waals surface area contributed by atoms with Gasteiger partial charge >= 0.3 is 0 Å². The molecule has 0 saturated carbocycles. The second-order valence-electron chi connectivity index (χ2n) is 5.75. The van der Waals surface area contributed by atoms with Gasteiger partial charge in [-0.3, -0.25) is 10.2 Å². The first-order valence-electron chi connectivity index (χ1n) is 8.41. The number of Topliss-reactive ketones (excluding diaryl/α,β-unsaturated/α-hetero) is 1. The highest BCUT2D eigenvalue weighted by Crippen LogP contribution is 2.23. The average Bonchev–Trinajstić information content (AvgIpc) is 3.14. The molecule has 1 heterocycles. The van der Waals surface area contributed by atoms with Gasteiger partial charge in [-0.2, -0.15) is 5.10 Å². The summed E-state index contributed by atoms with van der Waals surface area (Å²) in [6, 6.07) is 26.4. The smallest absolute Gasteiger partial charge is 0.220 e. The zero-order valence-corrected chi connectivity index (χ0v) is 15.1. The summed E-state index contributed by atoms with van der Waals surface area (Å²) in [4.78, 5) is 20.7. The van der Waals surface area contributed by atoms with Crippen molar-refractivity contribution in [2.24, 2.45) is 5.10 Å². The summed E-state index contributed by atoms with van der Waals surface area (Å²) in [5.74, 6) is -0.163. The molecule has 6 heteroatoms. The van der Waals surface area contributed by atoms with Crippen molar-refractivity contribution in [1.82, 2.24) is 9.97 Å². The van der Waals surface area contributed by atoms with Crippen LogP contribution in [0.1, 0.15) is 10.4 Å². The highest BCUT2D eigenvalue weighted by molar-refractivity contribution is 8.15. The van der Waals surface area contributed by atoms with Crippen LogP contribution in [0, 0.1) is 0 Å². The third-order valence-corrected chi connectivity index (χ3v) is 4.71. The zero-order valence-electron chi connectivity index (χ0n) is 14.3. The predicted octanol–water partition coefficient (Wildman–Crippen LogP) is 4.96. The Bertz CT molecular complexity index is 1060. The van der Waals surface area contributed by atoms with E-state index in [0.29, 0.717) is 15.8 Å². The van der Waals surface area contributed by atoms with Crippen molar-refractivity contribution in [3.8, 4) is 0 Å². The lowest BCUT2D eigenvalue weighted by atomic mass is 10.1. The molecule has 5 nitrogen and oxygen atoms in total. The van der Waals surface area contributed by atoms with Crippen molar-refractivity contribution >= 4 is 39.3 Å². The lowest BCUT2D eigenvalue weighted by Crippen LogP contribution is -2.13. The van der Waals surface area contributed by atoms with Crippen LogP contribution in [0.4, 0.5) is 5.69 Å². The van der Waals surface area contributed by atoms with Crippen LogP contribution < -0.4 is 5.43 Å². The summed E-state index contributed by atoms with van der Waals surface area (Å²) in [7, 11) is 0. The maximum absolute atomic E-state index is 13.0. The van der Waals surface area contributed by atoms with Crippen molar-refractivity contribution < 1.29 is 4.79 Å². The van der Waals surface area contributed by atoms with Crippen molar-refractivity contribution in [1.29, 1.82) is 0 Å².